The van der Waals surface area contributed by atoms with E-state index in [1.165, 1.54) is 42.5 Å². The summed E-state index contributed by atoms with van der Waals surface area (Å²) in [6.07, 6.45) is 1.59. The maximum atomic E-state index is 12.6. The van der Waals surface area contributed by atoms with E-state index in [0.29, 0.717) is 27.5 Å². The minimum absolute atomic E-state index is 0. The average molecular weight is 451 g/mol. The van der Waals surface area contributed by atoms with Gasteiger partial charge in [0, 0.05) is 27.9 Å². The summed E-state index contributed by atoms with van der Waals surface area (Å²) in [4.78, 5) is 26.0. The van der Waals surface area contributed by atoms with Crippen molar-refractivity contribution in [2.45, 2.75) is 13.0 Å². The zero-order chi connectivity index (χ0) is 21.7. The number of carbonyl (C=O) groups excluding carboxylic acids is 1. The number of pyridine rings is 1. The van der Waals surface area contributed by atoms with Gasteiger partial charge in [-0.1, -0.05) is 11.6 Å². The van der Waals surface area contributed by atoms with Crippen LogP contribution < -0.4 is 15.0 Å². The van der Waals surface area contributed by atoms with Crippen molar-refractivity contribution in [3.8, 4) is 16.9 Å². The van der Waals surface area contributed by atoms with Gasteiger partial charge < -0.3 is 20.6 Å². The summed E-state index contributed by atoms with van der Waals surface area (Å²) >= 11 is 5.97. The van der Waals surface area contributed by atoms with Crippen molar-refractivity contribution in [2.75, 3.05) is 5.32 Å². The standard InChI is InChI=1S/C21H15ClF2N2O4.H2O/c22-14-4-8-18(30-21(23)24)17(9-14)13-3-7-16(25-11-13)10-19(27)26-15-5-1-12(2-6-15)20(28)29;/h1-9,11,21H,10H2,(H,26,27)(H,28,29);1H2. The van der Waals surface area contributed by atoms with Gasteiger partial charge in [-0.15, -0.1) is 0 Å². The van der Waals surface area contributed by atoms with E-state index in [9.17, 15) is 18.4 Å². The summed E-state index contributed by atoms with van der Waals surface area (Å²) in [5.41, 5.74) is 2.11. The molecule has 0 saturated heterocycles. The molecule has 1 heterocycles. The topological polar surface area (TPSA) is 120 Å². The normalized spacial score (nSPS) is 10.3. The summed E-state index contributed by atoms with van der Waals surface area (Å²) in [6, 6.07) is 13.4. The fourth-order valence-corrected chi connectivity index (χ4v) is 2.91. The Balaban J connectivity index is 0.00000341. The lowest BCUT2D eigenvalue weighted by atomic mass is 10.1. The number of carboxylic acids is 1. The molecule has 0 fully saturated rings. The first-order valence-electron chi connectivity index (χ1n) is 8.70. The van der Waals surface area contributed by atoms with Crippen molar-refractivity contribution >= 4 is 29.2 Å². The molecule has 0 radical (unpaired) electrons. The molecule has 0 bridgehead atoms. The van der Waals surface area contributed by atoms with Crippen LogP contribution in [0.4, 0.5) is 14.5 Å². The van der Waals surface area contributed by atoms with Crippen LogP contribution in [-0.2, 0) is 11.2 Å². The molecule has 0 spiro atoms. The maximum Gasteiger partial charge on any atom is 0.387 e. The number of nitrogens with one attached hydrogen (secondary N) is 2. The summed E-state index contributed by atoms with van der Waals surface area (Å²) < 4.78 is 29.8. The van der Waals surface area contributed by atoms with Gasteiger partial charge in [-0.3, -0.25) is 4.79 Å². The monoisotopic (exact) mass is 450 g/mol. The second kappa shape index (κ2) is 10.5. The second-order valence-corrected chi connectivity index (χ2v) is 6.67. The van der Waals surface area contributed by atoms with Gasteiger partial charge in [0.2, 0.25) is 5.91 Å². The third kappa shape index (κ3) is 6.46. The zero-order valence-corrected chi connectivity index (χ0v) is 16.6. The highest BCUT2D eigenvalue weighted by atomic mass is 35.5. The number of carbonyl (C=O) groups is 2. The van der Waals surface area contributed by atoms with Crippen LogP contribution in [0.15, 0.2) is 60.8 Å². The number of halogens is 3. The molecule has 0 aliphatic heterocycles. The molecule has 31 heavy (non-hydrogen) atoms. The number of carboxylic acid groups (broad SMARTS) is 1. The number of hydrogen-bond donors (Lipinski definition) is 2. The maximum absolute atomic E-state index is 12.6. The molecule has 162 valence electrons. The molecule has 10 heteroatoms. The SMILES string of the molecule is O=C(Cc1ccc(-c2cc(Cl)ccc2OC(F)F)c[nH+]1)Nc1ccc(C(=O)O)cc1.[OH-]. The number of alkyl halides is 2. The Bertz CT molecular complexity index is 1060. The number of anilines is 1. The van der Waals surface area contributed by atoms with Gasteiger partial charge in [0.05, 0.1) is 5.56 Å². The molecule has 1 amide bonds. The minimum atomic E-state index is -2.97. The van der Waals surface area contributed by atoms with E-state index in [-0.39, 0.29) is 29.1 Å². The van der Waals surface area contributed by atoms with E-state index in [4.69, 9.17) is 16.7 Å². The Labute approximate surface area is 180 Å². The third-order valence-electron chi connectivity index (χ3n) is 4.11. The first-order valence-corrected chi connectivity index (χ1v) is 9.08. The average Bonchev–Trinajstić information content (AvgIpc) is 2.70. The van der Waals surface area contributed by atoms with Crippen molar-refractivity contribution in [2.24, 2.45) is 0 Å². The molecule has 0 unspecified atom stereocenters. The molecule has 0 aliphatic rings. The zero-order valence-electron chi connectivity index (χ0n) is 15.8. The molecule has 4 N–H and O–H groups in total. The van der Waals surface area contributed by atoms with Gasteiger partial charge in [-0.25, -0.2) is 9.78 Å². The highest BCUT2D eigenvalue weighted by molar-refractivity contribution is 6.31. The number of aromatic nitrogens is 1. The first kappa shape index (κ1) is 23.7. The van der Waals surface area contributed by atoms with Crippen LogP contribution in [0.5, 0.6) is 5.75 Å². The molecule has 3 rings (SSSR count). The predicted molar refractivity (Wildman–Crippen MR) is 108 cm³/mol. The number of amides is 1. The van der Waals surface area contributed by atoms with Crippen LogP contribution in [0.3, 0.4) is 0 Å². The van der Waals surface area contributed by atoms with Gasteiger partial charge in [-0.2, -0.15) is 8.78 Å². The fourth-order valence-electron chi connectivity index (χ4n) is 2.74. The van der Waals surface area contributed by atoms with Crippen LogP contribution in [0, 0.1) is 0 Å². The number of aromatic carboxylic acids is 1. The number of rotatable bonds is 7. The summed E-state index contributed by atoms with van der Waals surface area (Å²) in [5, 5.41) is 11.9. The van der Waals surface area contributed by atoms with Gasteiger partial charge in [-0.05, 0) is 48.5 Å². The number of aromatic amines is 1. The number of ether oxygens (including phenoxy) is 1. The van der Waals surface area contributed by atoms with Crippen LogP contribution >= 0.6 is 11.6 Å². The molecule has 7 nitrogen and oxygen atoms in total. The predicted octanol–water partition coefficient (Wildman–Crippen LogP) is 4.13. The van der Waals surface area contributed by atoms with E-state index in [2.05, 4.69) is 15.0 Å². The lowest BCUT2D eigenvalue weighted by molar-refractivity contribution is -0.388. The van der Waals surface area contributed by atoms with E-state index in [1.54, 1.807) is 18.3 Å². The number of hydrogen-bond acceptors (Lipinski definition) is 4. The van der Waals surface area contributed by atoms with E-state index < -0.39 is 12.6 Å². The number of benzene rings is 2. The third-order valence-corrected chi connectivity index (χ3v) is 4.35. The van der Waals surface area contributed by atoms with Crippen LogP contribution in [0.25, 0.3) is 11.1 Å². The van der Waals surface area contributed by atoms with E-state index in [0.717, 1.165) is 0 Å². The summed E-state index contributed by atoms with van der Waals surface area (Å²) in [6.45, 7) is -2.97. The molecule has 2 aromatic carbocycles. The van der Waals surface area contributed by atoms with E-state index >= 15 is 0 Å². The second-order valence-electron chi connectivity index (χ2n) is 6.23. The Kier molecular flexibility index (Phi) is 8.00. The van der Waals surface area contributed by atoms with Crippen molar-refractivity contribution in [3.63, 3.8) is 0 Å². The lowest BCUT2D eigenvalue weighted by Crippen LogP contribution is -2.20. The molecular formula is C21H17ClF2N2O5. The van der Waals surface area contributed by atoms with Crippen LogP contribution in [-0.4, -0.2) is 29.1 Å². The molecule has 0 saturated carbocycles. The van der Waals surface area contributed by atoms with Gasteiger partial charge >= 0.3 is 12.6 Å². The van der Waals surface area contributed by atoms with Crippen LogP contribution in [0.2, 0.25) is 5.02 Å². The number of H-pyrrole nitrogens is 1. The molecule has 0 atom stereocenters. The van der Waals surface area contributed by atoms with Gasteiger partial charge in [0.25, 0.3) is 0 Å². The van der Waals surface area contributed by atoms with Gasteiger partial charge in [0.1, 0.15) is 12.2 Å². The summed E-state index contributed by atoms with van der Waals surface area (Å²) in [7, 11) is 0. The largest absolute Gasteiger partial charge is 0.870 e. The first-order chi connectivity index (χ1) is 14.3. The highest BCUT2D eigenvalue weighted by Crippen LogP contribution is 2.33. The Hall–Kier alpha value is -3.56. The lowest BCUT2D eigenvalue weighted by Gasteiger charge is -2.10. The summed E-state index contributed by atoms with van der Waals surface area (Å²) in [5.74, 6) is -1.38. The molecule has 1 aromatic heterocycles. The van der Waals surface area contributed by atoms with Crippen molar-refractivity contribution in [1.82, 2.24) is 0 Å². The Morgan fingerprint density at radius 3 is 2.39 bits per heavy atom. The van der Waals surface area contributed by atoms with Crippen molar-refractivity contribution in [3.05, 3.63) is 77.1 Å². The molecule has 3 aromatic rings. The Morgan fingerprint density at radius 1 is 1.10 bits per heavy atom. The quantitative estimate of drug-likeness (QED) is 0.561. The van der Waals surface area contributed by atoms with Crippen molar-refractivity contribution in [1.29, 1.82) is 0 Å². The molecular weight excluding hydrogens is 434 g/mol. The van der Waals surface area contributed by atoms with Gasteiger partial charge in [0.15, 0.2) is 11.9 Å². The minimum Gasteiger partial charge on any atom is -0.870 e. The van der Waals surface area contributed by atoms with Crippen LogP contribution in [0.1, 0.15) is 16.1 Å². The van der Waals surface area contributed by atoms with Crippen molar-refractivity contribution < 1.29 is 38.7 Å². The fraction of sp³-hybridized carbons (Fsp3) is 0.0952. The highest BCUT2D eigenvalue weighted by Gasteiger charge is 2.15. The smallest absolute Gasteiger partial charge is 0.387 e. The van der Waals surface area contributed by atoms with E-state index in [1.807, 2.05) is 0 Å². The Morgan fingerprint density at radius 2 is 1.81 bits per heavy atom. The molecule has 0 aliphatic carbocycles.